The predicted molar refractivity (Wildman–Crippen MR) is 112 cm³/mol. The Hall–Kier alpha value is -3.59. The van der Waals surface area contributed by atoms with E-state index >= 15 is 0 Å². The average molecular weight is 402 g/mol. The Labute approximate surface area is 170 Å². The number of hydrogen-bond acceptors (Lipinski definition) is 7. The van der Waals surface area contributed by atoms with Gasteiger partial charge in [-0.25, -0.2) is 9.97 Å². The molecule has 0 aliphatic heterocycles. The van der Waals surface area contributed by atoms with Gasteiger partial charge in [0, 0.05) is 35.8 Å². The number of imidazole rings is 1. The maximum absolute atomic E-state index is 4.64. The summed E-state index contributed by atoms with van der Waals surface area (Å²) < 4.78 is 6.58. The summed E-state index contributed by atoms with van der Waals surface area (Å²) in [6.07, 6.45) is 8.12. The van der Waals surface area contributed by atoms with Crippen molar-refractivity contribution < 1.29 is 0 Å². The smallest absolute Gasteiger partial charge is 0.180 e. The molecule has 0 atom stereocenters. The molecule has 8 nitrogen and oxygen atoms in total. The largest absolute Gasteiger partial charge is 0.328 e. The van der Waals surface area contributed by atoms with E-state index in [2.05, 4.69) is 34.8 Å². The van der Waals surface area contributed by atoms with Crippen molar-refractivity contribution in [1.82, 2.24) is 33.9 Å². The summed E-state index contributed by atoms with van der Waals surface area (Å²) in [6, 6.07) is 8.07. The highest BCUT2D eigenvalue weighted by molar-refractivity contribution is 7.10. The second-order valence-electron chi connectivity index (χ2n) is 6.81. The monoisotopic (exact) mass is 402 g/mol. The Morgan fingerprint density at radius 1 is 1.10 bits per heavy atom. The first-order valence-corrected chi connectivity index (χ1v) is 9.92. The second-order valence-corrected chi connectivity index (χ2v) is 7.61. The molecule has 0 aliphatic rings. The number of aromatic amines is 1. The van der Waals surface area contributed by atoms with Crippen molar-refractivity contribution in [2.75, 3.05) is 5.32 Å². The number of nitrogens with one attached hydrogen (secondary N) is 2. The van der Waals surface area contributed by atoms with Crippen molar-refractivity contribution in [3.8, 4) is 11.3 Å². The molecule has 0 saturated heterocycles. The van der Waals surface area contributed by atoms with E-state index < -0.39 is 0 Å². The molecule has 5 aromatic heterocycles. The van der Waals surface area contributed by atoms with E-state index in [1.54, 1.807) is 6.20 Å². The van der Waals surface area contributed by atoms with Crippen molar-refractivity contribution >= 4 is 28.0 Å². The molecular weight excluding hydrogens is 384 g/mol. The van der Waals surface area contributed by atoms with Crippen LogP contribution in [0.4, 0.5) is 10.8 Å². The number of pyridine rings is 1. The maximum Gasteiger partial charge on any atom is 0.180 e. The fourth-order valence-corrected chi connectivity index (χ4v) is 3.92. The van der Waals surface area contributed by atoms with Crippen LogP contribution in [-0.2, 0) is 6.42 Å². The van der Waals surface area contributed by atoms with Crippen LogP contribution in [0.3, 0.4) is 0 Å². The topological polar surface area (TPSA) is 96.7 Å². The predicted octanol–water partition coefficient (Wildman–Crippen LogP) is 3.92. The lowest BCUT2D eigenvalue weighted by Gasteiger charge is -2.07. The molecule has 0 unspecified atom stereocenters. The molecule has 144 valence electrons. The van der Waals surface area contributed by atoms with E-state index in [9.17, 15) is 0 Å². The molecule has 0 radical (unpaired) electrons. The Bertz CT molecular complexity index is 1290. The van der Waals surface area contributed by atoms with Gasteiger partial charge in [0.05, 0.1) is 29.5 Å². The van der Waals surface area contributed by atoms with Gasteiger partial charge in [0.25, 0.3) is 0 Å². The molecular formula is C20H18N8S. The van der Waals surface area contributed by atoms with Crippen molar-refractivity contribution in [2.45, 2.75) is 20.3 Å². The molecule has 5 aromatic rings. The van der Waals surface area contributed by atoms with Crippen molar-refractivity contribution in [3.05, 3.63) is 71.8 Å². The van der Waals surface area contributed by atoms with Gasteiger partial charge in [-0.2, -0.15) is 9.47 Å². The summed E-state index contributed by atoms with van der Waals surface area (Å²) in [5.74, 6) is 0.698. The summed E-state index contributed by atoms with van der Waals surface area (Å²) >= 11 is 1.41. The normalized spacial score (nSPS) is 11.2. The third kappa shape index (κ3) is 3.47. The molecule has 0 fully saturated rings. The number of aryl methyl sites for hydroxylation is 2. The molecule has 0 bridgehead atoms. The third-order valence-electron chi connectivity index (χ3n) is 4.52. The van der Waals surface area contributed by atoms with Crippen LogP contribution in [-0.4, -0.2) is 33.9 Å². The summed E-state index contributed by atoms with van der Waals surface area (Å²) in [7, 11) is 0. The Morgan fingerprint density at radius 2 is 2.03 bits per heavy atom. The lowest BCUT2D eigenvalue weighted by atomic mass is 10.2. The van der Waals surface area contributed by atoms with Gasteiger partial charge in [-0.1, -0.05) is 6.07 Å². The van der Waals surface area contributed by atoms with E-state index in [4.69, 9.17) is 0 Å². The Kier molecular flexibility index (Phi) is 4.28. The van der Waals surface area contributed by atoms with Crippen LogP contribution < -0.4 is 5.32 Å². The molecule has 0 amide bonds. The molecule has 0 saturated carbocycles. The van der Waals surface area contributed by atoms with E-state index in [0.717, 1.165) is 44.7 Å². The first-order valence-electron chi connectivity index (χ1n) is 9.15. The second kappa shape index (κ2) is 7.10. The van der Waals surface area contributed by atoms with Gasteiger partial charge >= 0.3 is 0 Å². The first kappa shape index (κ1) is 17.5. The van der Waals surface area contributed by atoms with Crippen molar-refractivity contribution in [2.24, 2.45) is 0 Å². The standard InChI is InChI=1S/C20H18N8S/c1-12-4-3-5-15(24-12)6-16-7-18(29-27-16)26-19-20-21-10-17(14-8-22-23-9-14)28(20)11-13(2)25-19/h3-5,7-11H,6H2,1-2H3,(H,22,23)(H,25,26). The summed E-state index contributed by atoms with van der Waals surface area (Å²) in [5.41, 5.74) is 6.56. The number of hydrogen-bond donors (Lipinski definition) is 2. The zero-order chi connectivity index (χ0) is 19.8. The van der Waals surface area contributed by atoms with Crippen molar-refractivity contribution in [3.63, 3.8) is 0 Å². The zero-order valence-electron chi connectivity index (χ0n) is 15.9. The van der Waals surface area contributed by atoms with Gasteiger partial charge in [0.15, 0.2) is 11.5 Å². The van der Waals surface area contributed by atoms with Gasteiger partial charge < -0.3 is 5.32 Å². The van der Waals surface area contributed by atoms with E-state index in [1.807, 2.05) is 61.1 Å². The number of rotatable bonds is 5. The minimum atomic E-state index is 0.698. The average Bonchev–Trinajstić information content (AvgIpc) is 3.42. The molecule has 5 heterocycles. The number of fused-ring (bicyclic) bond motifs is 1. The molecule has 0 aliphatic carbocycles. The van der Waals surface area contributed by atoms with E-state index in [-0.39, 0.29) is 0 Å². The Balaban J connectivity index is 1.44. The summed E-state index contributed by atoms with van der Waals surface area (Å²) in [6.45, 7) is 3.96. The van der Waals surface area contributed by atoms with E-state index in [0.29, 0.717) is 12.2 Å². The SMILES string of the molecule is Cc1cccc(Cc2cc(Nc3nc(C)cn4c(-c5cn[nH]c5)cnc34)sn2)n1. The molecule has 5 rings (SSSR count). The highest BCUT2D eigenvalue weighted by Gasteiger charge is 2.14. The lowest BCUT2D eigenvalue weighted by Crippen LogP contribution is -2.00. The van der Waals surface area contributed by atoms with Crippen LogP contribution in [0.15, 0.2) is 49.1 Å². The molecule has 29 heavy (non-hydrogen) atoms. The van der Waals surface area contributed by atoms with Gasteiger partial charge in [0.2, 0.25) is 0 Å². The van der Waals surface area contributed by atoms with Crippen LogP contribution in [0.5, 0.6) is 0 Å². The van der Waals surface area contributed by atoms with Gasteiger partial charge in [-0.15, -0.1) is 0 Å². The summed E-state index contributed by atoms with van der Waals surface area (Å²) in [4.78, 5) is 13.8. The number of anilines is 2. The molecule has 0 aromatic carbocycles. The van der Waals surface area contributed by atoms with Crippen LogP contribution in [0.1, 0.15) is 22.8 Å². The minimum absolute atomic E-state index is 0.698. The molecule has 2 N–H and O–H groups in total. The first-order chi connectivity index (χ1) is 14.2. The zero-order valence-corrected chi connectivity index (χ0v) is 16.7. The highest BCUT2D eigenvalue weighted by Crippen LogP contribution is 2.27. The van der Waals surface area contributed by atoms with Gasteiger partial charge in [-0.05, 0) is 43.6 Å². The maximum atomic E-state index is 4.64. The van der Waals surface area contributed by atoms with Gasteiger partial charge in [-0.3, -0.25) is 14.5 Å². The van der Waals surface area contributed by atoms with E-state index in [1.165, 1.54) is 11.5 Å². The van der Waals surface area contributed by atoms with Crippen LogP contribution in [0.2, 0.25) is 0 Å². The van der Waals surface area contributed by atoms with Crippen LogP contribution in [0.25, 0.3) is 16.9 Å². The van der Waals surface area contributed by atoms with Crippen LogP contribution in [0, 0.1) is 13.8 Å². The lowest BCUT2D eigenvalue weighted by molar-refractivity contribution is 1.02. The highest BCUT2D eigenvalue weighted by atomic mass is 32.1. The summed E-state index contributed by atoms with van der Waals surface area (Å²) in [5, 5.41) is 11.2. The van der Waals surface area contributed by atoms with Crippen LogP contribution >= 0.6 is 11.5 Å². The molecule has 9 heteroatoms. The fourth-order valence-electron chi connectivity index (χ4n) is 3.25. The van der Waals surface area contributed by atoms with Gasteiger partial charge in [0.1, 0.15) is 5.00 Å². The van der Waals surface area contributed by atoms with Crippen molar-refractivity contribution in [1.29, 1.82) is 0 Å². The minimum Gasteiger partial charge on any atom is -0.328 e. The Morgan fingerprint density at radius 3 is 2.86 bits per heavy atom. The fraction of sp³-hybridized carbons (Fsp3) is 0.150. The molecule has 0 spiro atoms. The number of aromatic nitrogens is 7. The number of H-pyrrole nitrogens is 1. The number of nitrogens with zero attached hydrogens (tertiary/aromatic N) is 6. The quantitative estimate of drug-likeness (QED) is 0.462. The third-order valence-corrected chi connectivity index (χ3v) is 5.26.